The molecular weight excluding hydrogens is 184 g/mol. The summed E-state index contributed by atoms with van der Waals surface area (Å²) in [6.45, 7) is 8.11. The Labute approximate surface area is 76.9 Å². The van der Waals surface area contributed by atoms with Gasteiger partial charge in [-0.15, -0.1) is 0 Å². The van der Waals surface area contributed by atoms with Crippen LogP contribution in [0.15, 0.2) is 0 Å². The van der Waals surface area contributed by atoms with Crippen molar-refractivity contribution in [3.8, 4) is 0 Å². The Morgan fingerprint density at radius 2 is 1.33 bits per heavy atom. The Morgan fingerprint density at radius 3 is 1.58 bits per heavy atom. The Balaban J connectivity index is 2.99. The molecule has 0 amide bonds. The van der Waals surface area contributed by atoms with Crippen LogP contribution in [0.2, 0.25) is 29.8 Å². The van der Waals surface area contributed by atoms with E-state index >= 15 is 0 Å². The van der Waals surface area contributed by atoms with Gasteiger partial charge in [-0.05, 0) is 25.2 Å². The quantitative estimate of drug-likeness (QED) is 0.591. The van der Waals surface area contributed by atoms with Crippen LogP contribution in [-0.2, 0) is 0 Å². The minimum absolute atomic E-state index is 0.141. The van der Waals surface area contributed by atoms with Gasteiger partial charge in [0, 0.05) is 4.66 Å². The molecule has 12 heavy (non-hydrogen) atoms. The van der Waals surface area contributed by atoms with E-state index in [0.717, 1.165) is 18.5 Å². The fraction of sp³-hybridized carbons (Fsp3) is 1.00. The third-order valence-corrected chi connectivity index (χ3v) is 15.3. The molecule has 0 aromatic carbocycles. The molecule has 2 N–H and O–H groups in total. The second kappa shape index (κ2) is 2.67. The van der Waals surface area contributed by atoms with E-state index in [0.29, 0.717) is 0 Å². The lowest BCUT2D eigenvalue weighted by molar-refractivity contribution is 0.435. The monoisotopic (exact) mass is 204 g/mol. The summed E-state index contributed by atoms with van der Waals surface area (Å²) in [7, 11) is -4.28. The molecule has 2 unspecified atom stereocenters. The van der Waals surface area contributed by atoms with E-state index in [1.807, 2.05) is 13.1 Å². The zero-order chi connectivity index (χ0) is 9.62. The van der Waals surface area contributed by atoms with Gasteiger partial charge in [-0.3, -0.25) is 0 Å². The Hall–Kier alpha value is 0.354. The van der Waals surface area contributed by atoms with Crippen LogP contribution in [-0.4, -0.2) is 26.2 Å². The summed E-state index contributed by atoms with van der Waals surface area (Å²) in [4.78, 5) is 20.5. The van der Waals surface area contributed by atoms with Gasteiger partial charge in [-0.2, -0.15) is 0 Å². The van der Waals surface area contributed by atoms with E-state index in [1.54, 1.807) is 0 Å². The lowest BCUT2D eigenvalue weighted by Gasteiger charge is -2.50. The summed E-state index contributed by atoms with van der Waals surface area (Å²) >= 11 is 0. The molecule has 0 aromatic heterocycles. The lowest BCUT2D eigenvalue weighted by atomic mass is 10.5. The van der Waals surface area contributed by atoms with Crippen LogP contribution in [0.3, 0.4) is 0 Å². The third-order valence-electron chi connectivity index (χ3n) is 4.02. The molecule has 0 spiro atoms. The smallest absolute Gasteiger partial charge is 0.190 e. The summed E-state index contributed by atoms with van der Waals surface area (Å²) in [6.07, 6.45) is 1.03. The van der Waals surface area contributed by atoms with Gasteiger partial charge in [-0.1, -0.05) is 20.3 Å². The zero-order valence-corrected chi connectivity index (χ0v) is 10.5. The molecule has 1 heterocycles. The highest BCUT2D eigenvalue weighted by Crippen LogP contribution is 2.51. The molecule has 0 aromatic rings. The first-order chi connectivity index (χ1) is 5.21. The molecule has 1 rings (SSSR count). The third kappa shape index (κ3) is 1.30. The molecule has 2 nitrogen and oxygen atoms in total. The van der Waals surface area contributed by atoms with Crippen molar-refractivity contribution in [2.75, 3.05) is 0 Å². The van der Waals surface area contributed by atoms with Crippen molar-refractivity contribution < 1.29 is 9.59 Å². The summed E-state index contributed by atoms with van der Waals surface area (Å²) in [6, 6.07) is 1.92. The largest absolute Gasteiger partial charge is 0.432 e. The van der Waals surface area contributed by atoms with Gasteiger partial charge in [0.1, 0.15) is 0 Å². The molecule has 4 heteroatoms. The van der Waals surface area contributed by atoms with Gasteiger partial charge in [0.2, 0.25) is 0 Å². The molecule has 2 atom stereocenters. The highest BCUT2D eigenvalue weighted by molar-refractivity contribution is 6.95. The molecule has 0 aliphatic carbocycles. The molecule has 1 saturated heterocycles. The van der Waals surface area contributed by atoms with Crippen molar-refractivity contribution in [2.45, 2.75) is 50.1 Å². The first kappa shape index (κ1) is 10.4. The Kier molecular flexibility index (Phi) is 2.32. The van der Waals surface area contributed by atoms with Crippen molar-refractivity contribution in [1.29, 1.82) is 0 Å². The van der Waals surface area contributed by atoms with Crippen LogP contribution in [0.25, 0.3) is 0 Å². The Bertz CT molecular complexity index is 169. The van der Waals surface area contributed by atoms with Gasteiger partial charge in [0.05, 0.1) is 0 Å². The van der Waals surface area contributed by atoms with Crippen molar-refractivity contribution in [1.82, 2.24) is 0 Å². The van der Waals surface area contributed by atoms with Crippen molar-refractivity contribution in [3.05, 3.63) is 0 Å². The second-order valence-electron chi connectivity index (χ2n) is 5.03. The minimum Gasteiger partial charge on any atom is -0.432 e. The van der Waals surface area contributed by atoms with Gasteiger partial charge < -0.3 is 9.59 Å². The van der Waals surface area contributed by atoms with Gasteiger partial charge in [0.25, 0.3) is 0 Å². The Morgan fingerprint density at radius 1 is 1.00 bits per heavy atom. The summed E-state index contributed by atoms with van der Waals surface area (Å²) in [5, 5.41) is 0. The molecular formula is C8H20O2Si2. The van der Waals surface area contributed by atoms with Crippen LogP contribution < -0.4 is 0 Å². The molecule has 72 valence electrons. The van der Waals surface area contributed by atoms with E-state index in [-0.39, 0.29) is 4.66 Å². The van der Waals surface area contributed by atoms with Crippen molar-refractivity contribution in [2.24, 2.45) is 0 Å². The standard InChI is InChI=1S/C8H20O2Si2/c1-8(2)11(3,9)6-5-7-12(8,4)10/h9-10H,5-7H2,1-4H3. The van der Waals surface area contributed by atoms with E-state index < -0.39 is 16.6 Å². The molecule has 0 saturated carbocycles. The van der Waals surface area contributed by atoms with Gasteiger partial charge in [-0.25, -0.2) is 0 Å². The number of hydrogen-bond donors (Lipinski definition) is 2. The maximum atomic E-state index is 10.3. The molecule has 0 bridgehead atoms. The van der Waals surface area contributed by atoms with Crippen LogP contribution in [0.4, 0.5) is 0 Å². The molecule has 0 radical (unpaired) electrons. The lowest BCUT2D eigenvalue weighted by Crippen LogP contribution is -2.60. The normalized spacial score (nSPS) is 47.5. The van der Waals surface area contributed by atoms with Gasteiger partial charge >= 0.3 is 0 Å². The van der Waals surface area contributed by atoms with E-state index in [1.165, 1.54) is 0 Å². The van der Waals surface area contributed by atoms with E-state index in [9.17, 15) is 9.59 Å². The maximum absolute atomic E-state index is 10.3. The van der Waals surface area contributed by atoms with Crippen LogP contribution >= 0.6 is 0 Å². The van der Waals surface area contributed by atoms with Crippen LogP contribution in [0, 0.1) is 0 Å². The number of hydrogen-bond acceptors (Lipinski definition) is 2. The first-order valence-electron chi connectivity index (χ1n) is 4.65. The van der Waals surface area contributed by atoms with Gasteiger partial charge in [0.15, 0.2) is 16.6 Å². The van der Waals surface area contributed by atoms with E-state index in [2.05, 4.69) is 13.8 Å². The molecule has 1 fully saturated rings. The average molecular weight is 204 g/mol. The van der Waals surface area contributed by atoms with Crippen LogP contribution in [0.1, 0.15) is 20.3 Å². The maximum Gasteiger partial charge on any atom is 0.190 e. The van der Waals surface area contributed by atoms with E-state index in [4.69, 9.17) is 0 Å². The van der Waals surface area contributed by atoms with Crippen LogP contribution in [0.5, 0.6) is 0 Å². The SMILES string of the molecule is CC1(C)[Si](C)(O)CCC[Si]1(C)O. The predicted molar refractivity (Wildman–Crippen MR) is 55.9 cm³/mol. The molecule has 1 aliphatic heterocycles. The first-order valence-corrected chi connectivity index (χ1v) is 9.96. The fourth-order valence-corrected chi connectivity index (χ4v) is 10.7. The summed E-state index contributed by atoms with van der Waals surface area (Å²) in [5.74, 6) is 0. The highest BCUT2D eigenvalue weighted by Gasteiger charge is 2.57. The summed E-state index contributed by atoms with van der Waals surface area (Å²) in [5.41, 5.74) is 0. The highest BCUT2D eigenvalue weighted by atomic mass is 28.4. The topological polar surface area (TPSA) is 40.5 Å². The molecule has 1 aliphatic rings. The predicted octanol–water partition coefficient (Wildman–Crippen LogP) is 1.84. The van der Waals surface area contributed by atoms with Crippen molar-refractivity contribution in [3.63, 3.8) is 0 Å². The zero-order valence-electron chi connectivity index (χ0n) is 8.52. The van der Waals surface area contributed by atoms with Crippen molar-refractivity contribution >= 4 is 16.6 Å². The second-order valence-corrected chi connectivity index (χ2v) is 14.1. The average Bonchev–Trinajstić information content (AvgIpc) is 1.83. The number of rotatable bonds is 0. The summed E-state index contributed by atoms with van der Waals surface area (Å²) < 4.78 is -0.141. The fourth-order valence-electron chi connectivity index (χ4n) is 1.98. The minimum atomic E-state index is -2.14.